The fraction of sp³-hybridized carbons (Fsp3) is 0.458. The standard InChI is InChI=1S/C24H31FN2O4S/c1-2-3-18-31-21-10-8-19(9-11-21)12-15-26-24(28)20-13-16-27(17-14-20)32(29,30)23-7-5-4-6-22(23)25/h4-11,20H,2-3,12-18H2,1H3,(H,26,28). The van der Waals surface area contributed by atoms with Gasteiger partial charge < -0.3 is 10.1 Å². The molecule has 2 aromatic carbocycles. The first-order valence-electron chi connectivity index (χ1n) is 11.2. The minimum Gasteiger partial charge on any atom is -0.494 e. The van der Waals surface area contributed by atoms with Gasteiger partial charge in [-0.3, -0.25) is 4.79 Å². The van der Waals surface area contributed by atoms with Crippen molar-refractivity contribution in [3.63, 3.8) is 0 Å². The minimum atomic E-state index is -3.89. The SMILES string of the molecule is CCCCOc1ccc(CCNC(=O)C2CCN(S(=O)(=O)c3ccccc3F)CC2)cc1. The molecule has 1 N–H and O–H groups in total. The number of rotatable bonds is 10. The molecule has 1 saturated heterocycles. The van der Waals surface area contributed by atoms with Crippen LogP contribution in [0.5, 0.6) is 5.75 Å². The second-order valence-electron chi connectivity index (χ2n) is 8.00. The van der Waals surface area contributed by atoms with Gasteiger partial charge in [-0.1, -0.05) is 37.6 Å². The molecular formula is C24H31FN2O4S. The molecule has 3 rings (SSSR count). The van der Waals surface area contributed by atoms with Gasteiger partial charge in [0.15, 0.2) is 0 Å². The molecule has 2 aromatic rings. The van der Waals surface area contributed by atoms with Crippen LogP contribution in [0.4, 0.5) is 4.39 Å². The second kappa shape index (κ2) is 11.4. The number of carbonyl (C=O) groups excluding carboxylic acids is 1. The van der Waals surface area contributed by atoms with Crippen LogP contribution in [0.1, 0.15) is 38.2 Å². The Hall–Kier alpha value is -2.45. The summed E-state index contributed by atoms with van der Waals surface area (Å²) >= 11 is 0. The van der Waals surface area contributed by atoms with Crippen LogP contribution in [0, 0.1) is 11.7 Å². The number of unbranched alkanes of at least 4 members (excludes halogenated alkanes) is 1. The molecule has 32 heavy (non-hydrogen) atoms. The molecule has 1 aliphatic rings. The lowest BCUT2D eigenvalue weighted by Gasteiger charge is -2.30. The molecule has 0 saturated carbocycles. The van der Waals surface area contributed by atoms with Gasteiger partial charge in [0.1, 0.15) is 16.5 Å². The van der Waals surface area contributed by atoms with Crippen LogP contribution in [0.2, 0.25) is 0 Å². The van der Waals surface area contributed by atoms with Gasteiger partial charge in [0.25, 0.3) is 0 Å². The molecule has 0 aromatic heterocycles. The summed E-state index contributed by atoms with van der Waals surface area (Å²) < 4.78 is 46.2. The van der Waals surface area contributed by atoms with E-state index in [1.165, 1.54) is 22.5 Å². The van der Waals surface area contributed by atoms with E-state index in [0.29, 0.717) is 32.4 Å². The number of halogens is 1. The van der Waals surface area contributed by atoms with Crippen molar-refractivity contribution in [3.05, 3.63) is 59.9 Å². The van der Waals surface area contributed by atoms with Gasteiger partial charge in [-0.25, -0.2) is 12.8 Å². The highest BCUT2D eigenvalue weighted by Gasteiger charge is 2.33. The molecule has 174 valence electrons. The first kappa shape index (κ1) is 24.2. The highest BCUT2D eigenvalue weighted by Crippen LogP contribution is 2.25. The number of piperidine rings is 1. The molecular weight excluding hydrogens is 431 g/mol. The van der Waals surface area contributed by atoms with E-state index in [9.17, 15) is 17.6 Å². The summed E-state index contributed by atoms with van der Waals surface area (Å²) in [4.78, 5) is 12.2. The third kappa shape index (κ3) is 6.29. The number of ether oxygens (including phenoxy) is 1. The van der Waals surface area contributed by atoms with Crippen molar-refractivity contribution in [2.24, 2.45) is 5.92 Å². The van der Waals surface area contributed by atoms with E-state index >= 15 is 0 Å². The normalized spacial score (nSPS) is 15.4. The van der Waals surface area contributed by atoms with E-state index in [-0.39, 0.29) is 29.8 Å². The number of hydrogen-bond donors (Lipinski definition) is 1. The van der Waals surface area contributed by atoms with Crippen molar-refractivity contribution in [1.29, 1.82) is 0 Å². The first-order valence-corrected chi connectivity index (χ1v) is 12.6. The van der Waals surface area contributed by atoms with Gasteiger partial charge in [-0.05, 0) is 55.5 Å². The van der Waals surface area contributed by atoms with Gasteiger partial charge in [0.2, 0.25) is 15.9 Å². The summed E-state index contributed by atoms with van der Waals surface area (Å²) in [7, 11) is -3.89. The largest absolute Gasteiger partial charge is 0.494 e. The Morgan fingerprint density at radius 2 is 1.81 bits per heavy atom. The lowest BCUT2D eigenvalue weighted by molar-refractivity contribution is -0.126. The zero-order chi connectivity index (χ0) is 23.0. The van der Waals surface area contributed by atoms with E-state index in [1.807, 2.05) is 24.3 Å². The predicted octanol–water partition coefficient (Wildman–Crippen LogP) is 3.76. The topological polar surface area (TPSA) is 75.7 Å². The maximum Gasteiger partial charge on any atom is 0.245 e. The molecule has 1 fully saturated rings. The molecule has 6 nitrogen and oxygen atoms in total. The maximum absolute atomic E-state index is 13.9. The highest BCUT2D eigenvalue weighted by molar-refractivity contribution is 7.89. The lowest BCUT2D eigenvalue weighted by Crippen LogP contribution is -2.43. The monoisotopic (exact) mass is 462 g/mol. The van der Waals surface area contributed by atoms with Crippen LogP contribution in [0.15, 0.2) is 53.4 Å². The Bertz CT molecular complexity index is 987. The number of nitrogens with zero attached hydrogens (tertiary/aromatic N) is 1. The fourth-order valence-corrected chi connectivity index (χ4v) is 5.25. The average Bonchev–Trinajstić information content (AvgIpc) is 2.80. The number of carbonyl (C=O) groups is 1. The molecule has 0 radical (unpaired) electrons. The number of hydrogen-bond acceptors (Lipinski definition) is 4. The number of amides is 1. The molecule has 1 amide bonds. The number of benzene rings is 2. The molecule has 0 aliphatic carbocycles. The van der Waals surface area contributed by atoms with E-state index in [0.717, 1.165) is 30.2 Å². The predicted molar refractivity (Wildman–Crippen MR) is 121 cm³/mol. The van der Waals surface area contributed by atoms with Crippen LogP contribution >= 0.6 is 0 Å². The Morgan fingerprint density at radius 1 is 1.12 bits per heavy atom. The van der Waals surface area contributed by atoms with E-state index in [2.05, 4.69) is 12.2 Å². The summed E-state index contributed by atoms with van der Waals surface area (Å²) in [6, 6.07) is 13.3. The van der Waals surface area contributed by atoms with Gasteiger partial charge in [-0.15, -0.1) is 0 Å². The van der Waals surface area contributed by atoms with Gasteiger partial charge in [-0.2, -0.15) is 4.31 Å². The van der Waals surface area contributed by atoms with Crippen LogP contribution in [0.3, 0.4) is 0 Å². The Balaban J connectivity index is 1.42. The highest BCUT2D eigenvalue weighted by atomic mass is 32.2. The lowest BCUT2D eigenvalue weighted by atomic mass is 9.97. The zero-order valence-electron chi connectivity index (χ0n) is 18.4. The van der Waals surface area contributed by atoms with Crippen LogP contribution in [-0.2, 0) is 21.2 Å². The second-order valence-corrected chi connectivity index (χ2v) is 9.90. The summed E-state index contributed by atoms with van der Waals surface area (Å²) in [5, 5.41) is 2.95. The molecule has 1 aliphatic heterocycles. The van der Waals surface area contributed by atoms with Gasteiger partial charge in [0.05, 0.1) is 6.61 Å². The maximum atomic E-state index is 13.9. The Kier molecular flexibility index (Phi) is 8.64. The third-order valence-corrected chi connectivity index (χ3v) is 7.61. The van der Waals surface area contributed by atoms with Crippen molar-refractivity contribution < 1.29 is 22.3 Å². The Morgan fingerprint density at radius 3 is 2.47 bits per heavy atom. The van der Waals surface area contributed by atoms with Gasteiger partial charge in [0, 0.05) is 25.6 Å². The van der Waals surface area contributed by atoms with E-state index in [1.54, 1.807) is 0 Å². The first-order chi connectivity index (χ1) is 15.4. The van der Waals surface area contributed by atoms with Gasteiger partial charge >= 0.3 is 0 Å². The van der Waals surface area contributed by atoms with Crippen molar-refractivity contribution in [2.75, 3.05) is 26.2 Å². The number of nitrogens with one attached hydrogen (secondary N) is 1. The fourth-order valence-electron chi connectivity index (χ4n) is 3.71. The molecule has 8 heteroatoms. The number of sulfonamides is 1. The Labute approximate surface area is 189 Å². The quantitative estimate of drug-likeness (QED) is 0.546. The van der Waals surface area contributed by atoms with Crippen LogP contribution in [0.25, 0.3) is 0 Å². The molecule has 1 heterocycles. The van der Waals surface area contributed by atoms with E-state index < -0.39 is 15.8 Å². The molecule has 0 spiro atoms. The van der Waals surface area contributed by atoms with Crippen LogP contribution in [-0.4, -0.2) is 44.9 Å². The zero-order valence-corrected chi connectivity index (χ0v) is 19.2. The summed E-state index contributed by atoms with van der Waals surface area (Å²) in [5.74, 6) is -0.208. The summed E-state index contributed by atoms with van der Waals surface area (Å²) in [6.07, 6.45) is 3.67. The molecule has 0 atom stereocenters. The average molecular weight is 463 g/mol. The molecule has 0 bridgehead atoms. The smallest absolute Gasteiger partial charge is 0.245 e. The van der Waals surface area contributed by atoms with Crippen molar-refractivity contribution in [3.8, 4) is 5.75 Å². The van der Waals surface area contributed by atoms with Crippen molar-refractivity contribution in [1.82, 2.24) is 9.62 Å². The molecule has 0 unspecified atom stereocenters. The van der Waals surface area contributed by atoms with Crippen LogP contribution < -0.4 is 10.1 Å². The van der Waals surface area contributed by atoms with E-state index in [4.69, 9.17) is 4.74 Å². The summed E-state index contributed by atoms with van der Waals surface area (Å²) in [5.41, 5.74) is 1.11. The minimum absolute atomic E-state index is 0.0625. The van der Waals surface area contributed by atoms with Crippen molar-refractivity contribution in [2.45, 2.75) is 43.9 Å². The third-order valence-electron chi connectivity index (χ3n) is 5.68. The summed E-state index contributed by atoms with van der Waals surface area (Å²) in [6.45, 7) is 3.76. The van der Waals surface area contributed by atoms with Crippen molar-refractivity contribution >= 4 is 15.9 Å².